The number of nitrogens with zero attached hydrogens (tertiary/aromatic N) is 1. The Balaban J connectivity index is 1.91. The lowest BCUT2D eigenvalue weighted by molar-refractivity contribution is 0.172. The molecule has 4 heteroatoms. The molecule has 1 aliphatic heterocycles. The highest BCUT2D eigenvalue weighted by molar-refractivity contribution is 6.36. The summed E-state index contributed by atoms with van der Waals surface area (Å²) in [7, 11) is 0. The van der Waals surface area contributed by atoms with Gasteiger partial charge in [-0.05, 0) is 29.7 Å². The minimum Gasteiger partial charge on any atom is -0.314 e. The van der Waals surface area contributed by atoms with Crippen LogP contribution in [0.3, 0.4) is 0 Å². The standard InChI is InChI=1S/C18H20Cl2N2/c19-16-7-4-8-17(20)15(16)13-18(14-5-2-1-3-6-14)22-11-9-21-10-12-22/h1-8,18,21H,9-13H2. The van der Waals surface area contributed by atoms with Crippen molar-refractivity contribution in [1.29, 1.82) is 0 Å². The topological polar surface area (TPSA) is 15.3 Å². The van der Waals surface area contributed by atoms with Crippen LogP contribution in [-0.4, -0.2) is 31.1 Å². The van der Waals surface area contributed by atoms with Crippen molar-refractivity contribution < 1.29 is 0 Å². The lowest BCUT2D eigenvalue weighted by Gasteiger charge is -2.35. The molecule has 1 N–H and O–H groups in total. The number of rotatable bonds is 4. The summed E-state index contributed by atoms with van der Waals surface area (Å²) in [6.07, 6.45) is 0.836. The van der Waals surface area contributed by atoms with Crippen molar-refractivity contribution >= 4 is 23.2 Å². The van der Waals surface area contributed by atoms with Gasteiger partial charge in [-0.25, -0.2) is 0 Å². The summed E-state index contributed by atoms with van der Waals surface area (Å²) in [6.45, 7) is 4.14. The molecule has 0 saturated carbocycles. The third-order valence-corrected chi connectivity index (χ3v) is 4.94. The Morgan fingerprint density at radius 2 is 1.55 bits per heavy atom. The Morgan fingerprint density at radius 3 is 2.18 bits per heavy atom. The molecule has 0 radical (unpaired) electrons. The lowest BCUT2D eigenvalue weighted by Crippen LogP contribution is -2.45. The molecule has 1 aliphatic rings. The number of piperazine rings is 1. The summed E-state index contributed by atoms with van der Waals surface area (Å²) < 4.78 is 0. The lowest BCUT2D eigenvalue weighted by atomic mass is 9.96. The van der Waals surface area contributed by atoms with Crippen LogP contribution in [-0.2, 0) is 6.42 Å². The van der Waals surface area contributed by atoms with Gasteiger partial charge in [-0.1, -0.05) is 59.6 Å². The highest BCUT2D eigenvalue weighted by Gasteiger charge is 2.24. The van der Waals surface area contributed by atoms with Gasteiger partial charge in [0.15, 0.2) is 0 Å². The normalized spacial score (nSPS) is 17.4. The molecule has 0 spiro atoms. The van der Waals surface area contributed by atoms with Gasteiger partial charge in [-0.3, -0.25) is 4.90 Å². The van der Waals surface area contributed by atoms with E-state index in [1.54, 1.807) is 0 Å². The Bertz CT molecular complexity index is 589. The minimum absolute atomic E-state index is 0.306. The van der Waals surface area contributed by atoms with Gasteiger partial charge in [0.25, 0.3) is 0 Å². The second-order valence-corrected chi connectivity index (χ2v) is 6.43. The number of benzene rings is 2. The van der Waals surface area contributed by atoms with Gasteiger partial charge in [0.05, 0.1) is 0 Å². The molecule has 2 aromatic rings. The predicted molar refractivity (Wildman–Crippen MR) is 93.8 cm³/mol. The summed E-state index contributed by atoms with van der Waals surface area (Å²) in [4.78, 5) is 2.52. The van der Waals surface area contributed by atoms with Crippen LogP contribution in [0.2, 0.25) is 10.0 Å². The summed E-state index contributed by atoms with van der Waals surface area (Å²) in [6, 6.07) is 16.7. The van der Waals surface area contributed by atoms with E-state index in [1.165, 1.54) is 5.56 Å². The van der Waals surface area contributed by atoms with Crippen molar-refractivity contribution in [2.75, 3.05) is 26.2 Å². The third-order valence-electron chi connectivity index (χ3n) is 4.24. The molecule has 0 aromatic heterocycles. The van der Waals surface area contributed by atoms with Gasteiger partial charge >= 0.3 is 0 Å². The fourth-order valence-electron chi connectivity index (χ4n) is 3.05. The van der Waals surface area contributed by atoms with Crippen LogP contribution in [0.15, 0.2) is 48.5 Å². The zero-order valence-electron chi connectivity index (χ0n) is 12.4. The quantitative estimate of drug-likeness (QED) is 0.902. The molecular formula is C18H20Cl2N2. The van der Waals surface area contributed by atoms with E-state index in [0.717, 1.165) is 48.2 Å². The average Bonchev–Trinajstić information content (AvgIpc) is 2.56. The summed E-state index contributed by atoms with van der Waals surface area (Å²) in [5.41, 5.74) is 2.36. The summed E-state index contributed by atoms with van der Waals surface area (Å²) in [5.74, 6) is 0. The second-order valence-electron chi connectivity index (χ2n) is 5.62. The fourth-order valence-corrected chi connectivity index (χ4v) is 3.60. The minimum atomic E-state index is 0.306. The van der Waals surface area contributed by atoms with Crippen LogP contribution in [0.1, 0.15) is 17.2 Å². The first-order chi connectivity index (χ1) is 10.8. The molecule has 1 fully saturated rings. The second kappa shape index (κ2) is 7.47. The maximum absolute atomic E-state index is 6.38. The Hall–Kier alpha value is -1.06. The summed E-state index contributed by atoms with van der Waals surface area (Å²) in [5, 5.41) is 4.92. The van der Waals surface area contributed by atoms with Crippen molar-refractivity contribution in [3.8, 4) is 0 Å². The first-order valence-corrected chi connectivity index (χ1v) is 8.44. The molecule has 1 atom stereocenters. The van der Waals surface area contributed by atoms with E-state index >= 15 is 0 Å². The molecule has 1 unspecified atom stereocenters. The number of hydrogen-bond acceptors (Lipinski definition) is 2. The van der Waals surface area contributed by atoms with Crippen molar-refractivity contribution in [2.24, 2.45) is 0 Å². The van der Waals surface area contributed by atoms with Crippen LogP contribution in [0.5, 0.6) is 0 Å². The molecule has 1 saturated heterocycles. The maximum atomic E-state index is 6.38. The van der Waals surface area contributed by atoms with Gasteiger partial charge in [0.2, 0.25) is 0 Å². The van der Waals surface area contributed by atoms with E-state index in [9.17, 15) is 0 Å². The van der Waals surface area contributed by atoms with Gasteiger partial charge in [-0.15, -0.1) is 0 Å². The van der Waals surface area contributed by atoms with Crippen LogP contribution in [0, 0.1) is 0 Å². The molecule has 3 rings (SSSR count). The highest BCUT2D eigenvalue weighted by atomic mass is 35.5. The van der Waals surface area contributed by atoms with Gasteiger partial charge in [-0.2, -0.15) is 0 Å². The number of halogens is 2. The third kappa shape index (κ3) is 3.64. The number of hydrogen-bond donors (Lipinski definition) is 1. The molecule has 116 valence electrons. The summed E-state index contributed by atoms with van der Waals surface area (Å²) >= 11 is 12.8. The molecule has 2 nitrogen and oxygen atoms in total. The van der Waals surface area contributed by atoms with E-state index in [4.69, 9.17) is 23.2 Å². The van der Waals surface area contributed by atoms with Crippen LogP contribution in [0.25, 0.3) is 0 Å². The van der Waals surface area contributed by atoms with E-state index in [0.29, 0.717) is 6.04 Å². The zero-order valence-corrected chi connectivity index (χ0v) is 13.9. The van der Waals surface area contributed by atoms with Crippen molar-refractivity contribution in [3.63, 3.8) is 0 Å². The first kappa shape index (κ1) is 15.8. The van der Waals surface area contributed by atoms with Gasteiger partial charge in [0, 0.05) is 42.3 Å². The molecule has 22 heavy (non-hydrogen) atoms. The van der Waals surface area contributed by atoms with Crippen LogP contribution >= 0.6 is 23.2 Å². The number of nitrogens with one attached hydrogen (secondary N) is 1. The first-order valence-electron chi connectivity index (χ1n) is 7.68. The Kier molecular flexibility index (Phi) is 5.37. The van der Waals surface area contributed by atoms with Crippen LogP contribution in [0.4, 0.5) is 0 Å². The molecular weight excluding hydrogens is 315 g/mol. The maximum Gasteiger partial charge on any atom is 0.0453 e. The van der Waals surface area contributed by atoms with Crippen molar-refractivity contribution in [1.82, 2.24) is 10.2 Å². The van der Waals surface area contributed by atoms with E-state index < -0.39 is 0 Å². The van der Waals surface area contributed by atoms with E-state index in [2.05, 4.69) is 40.5 Å². The van der Waals surface area contributed by atoms with Gasteiger partial charge in [0.1, 0.15) is 0 Å². The molecule has 0 amide bonds. The molecule has 1 heterocycles. The van der Waals surface area contributed by atoms with Crippen LogP contribution < -0.4 is 5.32 Å². The Labute approximate surface area is 142 Å². The van der Waals surface area contributed by atoms with E-state index in [-0.39, 0.29) is 0 Å². The zero-order chi connectivity index (χ0) is 15.4. The van der Waals surface area contributed by atoms with Gasteiger partial charge < -0.3 is 5.32 Å². The highest BCUT2D eigenvalue weighted by Crippen LogP contribution is 2.32. The average molecular weight is 335 g/mol. The molecule has 0 aliphatic carbocycles. The van der Waals surface area contributed by atoms with E-state index in [1.807, 2.05) is 18.2 Å². The SMILES string of the molecule is Clc1cccc(Cl)c1CC(c1ccccc1)N1CCNCC1. The van der Waals surface area contributed by atoms with Crippen molar-refractivity contribution in [3.05, 3.63) is 69.7 Å². The smallest absolute Gasteiger partial charge is 0.0453 e. The predicted octanol–water partition coefficient (Wildman–Crippen LogP) is 4.18. The molecule has 0 bridgehead atoms. The fraction of sp³-hybridized carbons (Fsp3) is 0.333. The Morgan fingerprint density at radius 1 is 0.909 bits per heavy atom. The van der Waals surface area contributed by atoms with Crippen molar-refractivity contribution in [2.45, 2.75) is 12.5 Å². The monoisotopic (exact) mass is 334 g/mol. The largest absolute Gasteiger partial charge is 0.314 e. The molecule has 2 aromatic carbocycles.